The van der Waals surface area contributed by atoms with Crippen LogP contribution in [-0.4, -0.2) is 39.0 Å². The van der Waals surface area contributed by atoms with E-state index in [2.05, 4.69) is 20.6 Å². The van der Waals surface area contributed by atoms with Crippen molar-refractivity contribution in [3.05, 3.63) is 55.1 Å². The Morgan fingerprint density at radius 3 is 3.03 bits per heavy atom. The maximum Gasteiger partial charge on any atom is 0.262 e. The molecule has 0 fully saturated rings. The molecule has 29 heavy (non-hydrogen) atoms. The zero-order chi connectivity index (χ0) is 19.8. The van der Waals surface area contributed by atoms with Crippen molar-refractivity contribution in [3.8, 4) is 22.9 Å². The van der Waals surface area contributed by atoms with Gasteiger partial charge in [0.25, 0.3) is 5.91 Å². The number of carbonyl (C=O) groups is 1. The standard InChI is InChI=1S/C20H16N6O3/c1-28-18-9-13(4-5-21-18)23-19-20-22-6-7-26(20)10-15(25-19)12-2-3-16-14(8-12)24-17(27)11-29-16/h2-10H,11H2,1H3,(H,24,27)(H,21,23,25). The smallest absolute Gasteiger partial charge is 0.262 e. The van der Waals surface area contributed by atoms with E-state index in [1.54, 1.807) is 25.6 Å². The number of benzene rings is 1. The molecule has 9 nitrogen and oxygen atoms in total. The highest BCUT2D eigenvalue weighted by molar-refractivity contribution is 5.96. The van der Waals surface area contributed by atoms with Crippen molar-refractivity contribution in [1.82, 2.24) is 19.4 Å². The Labute approximate surface area is 165 Å². The normalized spacial score (nSPS) is 12.8. The van der Waals surface area contributed by atoms with E-state index in [0.29, 0.717) is 34.5 Å². The number of carbonyl (C=O) groups excluding carboxylic acids is 1. The Balaban J connectivity index is 1.57. The van der Waals surface area contributed by atoms with Crippen molar-refractivity contribution in [3.63, 3.8) is 0 Å². The van der Waals surface area contributed by atoms with Crippen molar-refractivity contribution in [2.24, 2.45) is 0 Å². The second-order valence-electron chi connectivity index (χ2n) is 6.39. The summed E-state index contributed by atoms with van der Waals surface area (Å²) in [5.74, 6) is 1.54. The lowest BCUT2D eigenvalue weighted by Crippen LogP contribution is -2.25. The van der Waals surface area contributed by atoms with Crippen LogP contribution in [-0.2, 0) is 4.79 Å². The van der Waals surface area contributed by atoms with Gasteiger partial charge in [0.1, 0.15) is 5.75 Å². The van der Waals surface area contributed by atoms with Crippen LogP contribution in [0.25, 0.3) is 16.9 Å². The number of rotatable bonds is 4. The van der Waals surface area contributed by atoms with Crippen molar-refractivity contribution in [1.29, 1.82) is 0 Å². The number of nitrogens with one attached hydrogen (secondary N) is 2. The SMILES string of the molecule is COc1cc(Nc2nc(-c3ccc4c(c3)NC(=O)CO4)cn3ccnc23)ccn1. The number of hydrogen-bond donors (Lipinski definition) is 2. The monoisotopic (exact) mass is 388 g/mol. The summed E-state index contributed by atoms with van der Waals surface area (Å²) in [7, 11) is 1.57. The molecule has 0 unspecified atom stereocenters. The first kappa shape index (κ1) is 17.0. The van der Waals surface area contributed by atoms with Gasteiger partial charge in [-0.1, -0.05) is 0 Å². The average molecular weight is 388 g/mol. The maximum atomic E-state index is 11.6. The largest absolute Gasteiger partial charge is 0.482 e. The summed E-state index contributed by atoms with van der Waals surface area (Å²) < 4.78 is 12.5. The number of methoxy groups -OCH3 is 1. The van der Waals surface area contributed by atoms with E-state index in [0.717, 1.165) is 11.3 Å². The van der Waals surface area contributed by atoms with Gasteiger partial charge in [-0.05, 0) is 24.3 Å². The number of pyridine rings is 1. The predicted molar refractivity (Wildman–Crippen MR) is 107 cm³/mol. The molecule has 0 radical (unpaired) electrons. The van der Waals surface area contributed by atoms with Crippen molar-refractivity contribution < 1.29 is 14.3 Å². The number of ether oxygens (including phenoxy) is 2. The lowest BCUT2D eigenvalue weighted by molar-refractivity contribution is -0.118. The molecule has 4 aromatic rings. The van der Waals surface area contributed by atoms with E-state index in [9.17, 15) is 4.79 Å². The molecule has 4 heterocycles. The van der Waals surface area contributed by atoms with E-state index in [4.69, 9.17) is 14.5 Å². The first-order valence-corrected chi connectivity index (χ1v) is 8.87. The van der Waals surface area contributed by atoms with Crippen LogP contribution in [0, 0.1) is 0 Å². The third-order valence-electron chi connectivity index (χ3n) is 4.49. The third-order valence-corrected chi connectivity index (χ3v) is 4.49. The highest BCUT2D eigenvalue weighted by Gasteiger charge is 2.17. The molecule has 0 bridgehead atoms. The number of aromatic nitrogens is 4. The number of hydrogen-bond acceptors (Lipinski definition) is 7. The average Bonchev–Trinajstić information content (AvgIpc) is 3.22. The van der Waals surface area contributed by atoms with E-state index < -0.39 is 0 Å². The molecule has 3 aromatic heterocycles. The predicted octanol–water partition coefficient (Wildman–Crippen LogP) is 2.87. The molecule has 1 amide bonds. The van der Waals surface area contributed by atoms with Gasteiger partial charge in [0.15, 0.2) is 18.1 Å². The van der Waals surface area contributed by atoms with E-state index >= 15 is 0 Å². The summed E-state index contributed by atoms with van der Waals surface area (Å²) in [4.78, 5) is 24.9. The Morgan fingerprint density at radius 2 is 2.14 bits per heavy atom. The van der Waals surface area contributed by atoms with Gasteiger partial charge >= 0.3 is 0 Å². The van der Waals surface area contributed by atoms with Crippen LogP contribution < -0.4 is 20.1 Å². The Morgan fingerprint density at radius 1 is 1.21 bits per heavy atom. The van der Waals surface area contributed by atoms with Crippen molar-refractivity contribution in [2.75, 3.05) is 24.4 Å². The Bertz CT molecular complexity index is 1240. The first-order valence-electron chi connectivity index (χ1n) is 8.87. The molecule has 2 N–H and O–H groups in total. The topological polar surface area (TPSA) is 103 Å². The number of nitrogens with zero attached hydrogens (tertiary/aromatic N) is 4. The summed E-state index contributed by atoms with van der Waals surface area (Å²) >= 11 is 0. The molecule has 1 aliphatic rings. The quantitative estimate of drug-likeness (QED) is 0.554. The zero-order valence-corrected chi connectivity index (χ0v) is 15.4. The summed E-state index contributed by atoms with van der Waals surface area (Å²) in [6.07, 6.45) is 7.09. The van der Waals surface area contributed by atoms with Gasteiger partial charge in [-0.15, -0.1) is 0 Å². The molecule has 0 aliphatic carbocycles. The first-order chi connectivity index (χ1) is 14.2. The second kappa shape index (κ2) is 6.79. The summed E-state index contributed by atoms with van der Waals surface area (Å²) in [5.41, 5.74) is 3.62. The van der Waals surface area contributed by atoms with Gasteiger partial charge in [-0.2, -0.15) is 0 Å². The van der Waals surface area contributed by atoms with Gasteiger partial charge in [0.2, 0.25) is 5.88 Å². The molecule has 0 saturated heterocycles. The molecule has 1 aromatic carbocycles. The van der Waals surface area contributed by atoms with E-state index in [1.165, 1.54) is 0 Å². The van der Waals surface area contributed by atoms with Gasteiger partial charge in [-0.3, -0.25) is 4.79 Å². The highest BCUT2D eigenvalue weighted by Crippen LogP contribution is 2.33. The fraction of sp³-hybridized carbons (Fsp3) is 0.100. The van der Waals surface area contributed by atoms with Crippen LogP contribution in [0.15, 0.2) is 55.1 Å². The van der Waals surface area contributed by atoms with Crippen LogP contribution in [0.4, 0.5) is 17.2 Å². The zero-order valence-electron chi connectivity index (χ0n) is 15.4. The molecule has 144 valence electrons. The minimum absolute atomic E-state index is 0.0229. The number of fused-ring (bicyclic) bond motifs is 2. The minimum Gasteiger partial charge on any atom is -0.482 e. The molecule has 0 saturated carbocycles. The molecule has 0 spiro atoms. The molecule has 1 aliphatic heterocycles. The number of amides is 1. The molecule has 0 atom stereocenters. The fourth-order valence-corrected chi connectivity index (χ4v) is 3.13. The van der Waals surface area contributed by atoms with E-state index in [-0.39, 0.29) is 12.5 Å². The summed E-state index contributed by atoms with van der Waals surface area (Å²) in [6.45, 7) is 0.0229. The molecule has 5 rings (SSSR count). The van der Waals surface area contributed by atoms with Crippen molar-refractivity contribution in [2.45, 2.75) is 0 Å². The fourth-order valence-electron chi connectivity index (χ4n) is 3.13. The maximum absolute atomic E-state index is 11.6. The van der Waals surface area contributed by atoms with Crippen LogP contribution >= 0.6 is 0 Å². The lowest BCUT2D eigenvalue weighted by Gasteiger charge is -2.18. The highest BCUT2D eigenvalue weighted by atomic mass is 16.5. The Hall–Kier alpha value is -4.14. The minimum atomic E-state index is -0.179. The summed E-state index contributed by atoms with van der Waals surface area (Å²) in [6, 6.07) is 9.17. The summed E-state index contributed by atoms with van der Waals surface area (Å²) in [5, 5.41) is 6.10. The van der Waals surface area contributed by atoms with Gasteiger partial charge < -0.3 is 24.5 Å². The third kappa shape index (κ3) is 3.18. The second-order valence-corrected chi connectivity index (χ2v) is 6.39. The lowest BCUT2D eigenvalue weighted by atomic mass is 10.1. The molecule has 9 heteroatoms. The number of imidazole rings is 1. The van der Waals surface area contributed by atoms with Gasteiger partial charge in [0, 0.05) is 42.1 Å². The van der Waals surface area contributed by atoms with Crippen molar-refractivity contribution >= 4 is 28.7 Å². The van der Waals surface area contributed by atoms with Gasteiger partial charge in [0.05, 0.1) is 18.5 Å². The van der Waals surface area contributed by atoms with Crippen LogP contribution in [0.2, 0.25) is 0 Å². The van der Waals surface area contributed by atoms with Crippen LogP contribution in [0.1, 0.15) is 0 Å². The molecular weight excluding hydrogens is 372 g/mol. The number of anilines is 3. The van der Waals surface area contributed by atoms with Crippen LogP contribution in [0.5, 0.6) is 11.6 Å². The van der Waals surface area contributed by atoms with E-state index in [1.807, 2.05) is 41.1 Å². The Kier molecular flexibility index (Phi) is 3.98. The van der Waals surface area contributed by atoms with Crippen LogP contribution in [0.3, 0.4) is 0 Å². The molecular formula is C20H16N6O3. The van der Waals surface area contributed by atoms with Gasteiger partial charge in [-0.25, -0.2) is 15.0 Å².